The Hall–Kier alpha value is -2.87. The predicted molar refractivity (Wildman–Crippen MR) is 110 cm³/mol. The number of carbonyl (C=O) groups is 1. The average Bonchev–Trinajstić information content (AvgIpc) is 3.42. The number of carbonyl (C=O) groups excluding carboxylic acids is 1. The van der Waals surface area contributed by atoms with Gasteiger partial charge in [-0.15, -0.1) is 0 Å². The van der Waals surface area contributed by atoms with E-state index in [1.807, 2.05) is 0 Å². The smallest absolute Gasteiger partial charge is 0.253 e. The van der Waals surface area contributed by atoms with Gasteiger partial charge in [0.2, 0.25) is 5.89 Å². The van der Waals surface area contributed by atoms with Gasteiger partial charge in [0.05, 0.1) is 12.1 Å². The Morgan fingerprint density at radius 2 is 2.03 bits per heavy atom. The molecule has 2 heterocycles. The van der Waals surface area contributed by atoms with E-state index in [0.717, 1.165) is 38.8 Å². The van der Waals surface area contributed by atoms with E-state index in [-0.39, 0.29) is 11.4 Å². The van der Waals surface area contributed by atoms with Gasteiger partial charge in [-0.3, -0.25) is 14.7 Å². The molecule has 1 aliphatic rings. The van der Waals surface area contributed by atoms with Crippen LogP contribution >= 0.6 is 0 Å². The summed E-state index contributed by atoms with van der Waals surface area (Å²) in [5.74, 6) is 0.400. The highest BCUT2D eigenvalue weighted by molar-refractivity contribution is 5.97. The van der Waals surface area contributed by atoms with Crippen molar-refractivity contribution < 1.29 is 13.7 Å². The van der Waals surface area contributed by atoms with Crippen molar-refractivity contribution >= 4 is 16.8 Å². The second-order valence-electron chi connectivity index (χ2n) is 7.75. The molecule has 8 heteroatoms. The second kappa shape index (κ2) is 8.47. The minimum Gasteiger partial charge on any atom is -0.339 e. The standard InChI is InChI=1S/C22H26FN5O2/c1-3-28(4-2)14-18-25-21(27-30-18)22(10-5-6-11-22)26-20(29)16-12-15-8-7-9-17(23)19(15)24-13-16/h7-9,12-13H,3-6,10-11,14H2,1-2H3,(H,26,29). The lowest BCUT2D eigenvalue weighted by Crippen LogP contribution is -2.44. The molecule has 1 aromatic carbocycles. The highest BCUT2D eigenvalue weighted by Crippen LogP contribution is 2.37. The van der Waals surface area contributed by atoms with E-state index < -0.39 is 11.4 Å². The Morgan fingerprint density at radius 3 is 2.77 bits per heavy atom. The number of nitrogens with one attached hydrogen (secondary N) is 1. The van der Waals surface area contributed by atoms with E-state index in [4.69, 9.17) is 4.52 Å². The van der Waals surface area contributed by atoms with Crippen LogP contribution < -0.4 is 5.32 Å². The zero-order chi connectivity index (χ0) is 21.1. The van der Waals surface area contributed by atoms with Gasteiger partial charge in [0.25, 0.3) is 5.91 Å². The molecule has 0 spiro atoms. The molecule has 0 atom stereocenters. The quantitative estimate of drug-likeness (QED) is 0.637. The Morgan fingerprint density at radius 1 is 1.27 bits per heavy atom. The first-order valence-electron chi connectivity index (χ1n) is 10.5. The summed E-state index contributed by atoms with van der Waals surface area (Å²) in [7, 11) is 0. The fourth-order valence-electron chi connectivity index (χ4n) is 4.07. The summed E-state index contributed by atoms with van der Waals surface area (Å²) >= 11 is 0. The molecular formula is C22H26FN5O2. The molecule has 2 aromatic heterocycles. The number of rotatable bonds is 7. The molecule has 158 valence electrons. The number of pyridine rings is 1. The van der Waals surface area contributed by atoms with Gasteiger partial charge in [0, 0.05) is 11.6 Å². The van der Waals surface area contributed by atoms with Gasteiger partial charge in [-0.2, -0.15) is 4.98 Å². The van der Waals surface area contributed by atoms with E-state index in [1.54, 1.807) is 18.2 Å². The van der Waals surface area contributed by atoms with Crippen LogP contribution in [0.25, 0.3) is 10.9 Å². The SMILES string of the molecule is CCN(CC)Cc1nc(C2(NC(=O)c3cnc4c(F)cccc4c3)CCCC2)no1. The second-order valence-corrected chi connectivity index (χ2v) is 7.75. The van der Waals surface area contributed by atoms with Crippen molar-refractivity contribution in [1.29, 1.82) is 0 Å². The normalized spacial score (nSPS) is 15.7. The summed E-state index contributed by atoms with van der Waals surface area (Å²) in [5.41, 5.74) is -0.0195. The number of aromatic nitrogens is 3. The number of amides is 1. The first-order chi connectivity index (χ1) is 14.5. The molecule has 1 amide bonds. The number of hydrogen-bond acceptors (Lipinski definition) is 6. The van der Waals surface area contributed by atoms with Crippen LogP contribution in [0, 0.1) is 5.82 Å². The van der Waals surface area contributed by atoms with Gasteiger partial charge < -0.3 is 9.84 Å². The third-order valence-corrected chi connectivity index (χ3v) is 5.88. The van der Waals surface area contributed by atoms with Gasteiger partial charge in [0.15, 0.2) is 5.82 Å². The monoisotopic (exact) mass is 411 g/mol. The lowest BCUT2D eigenvalue weighted by molar-refractivity contribution is 0.0891. The van der Waals surface area contributed by atoms with Crippen molar-refractivity contribution in [3.63, 3.8) is 0 Å². The number of hydrogen-bond donors (Lipinski definition) is 1. The average molecular weight is 411 g/mol. The number of halogens is 1. The molecular weight excluding hydrogens is 385 g/mol. The Kier molecular flexibility index (Phi) is 5.76. The van der Waals surface area contributed by atoms with E-state index in [2.05, 4.69) is 39.2 Å². The van der Waals surface area contributed by atoms with Crippen LogP contribution in [0.1, 0.15) is 61.6 Å². The third kappa shape index (κ3) is 3.92. The molecule has 1 aliphatic carbocycles. The van der Waals surface area contributed by atoms with Crippen molar-refractivity contribution in [2.24, 2.45) is 0 Å². The molecule has 0 unspecified atom stereocenters. The van der Waals surface area contributed by atoms with E-state index in [9.17, 15) is 9.18 Å². The zero-order valence-corrected chi connectivity index (χ0v) is 17.3. The Bertz CT molecular complexity index is 1040. The lowest BCUT2D eigenvalue weighted by atomic mass is 9.96. The summed E-state index contributed by atoms with van der Waals surface area (Å²) in [6, 6.07) is 6.36. The maximum absolute atomic E-state index is 13.9. The van der Waals surface area contributed by atoms with E-state index in [0.29, 0.717) is 29.2 Å². The highest BCUT2D eigenvalue weighted by Gasteiger charge is 2.41. The summed E-state index contributed by atoms with van der Waals surface area (Å²) < 4.78 is 19.4. The summed E-state index contributed by atoms with van der Waals surface area (Å²) in [6.45, 7) is 6.55. The first kappa shape index (κ1) is 20.4. The van der Waals surface area contributed by atoms with Gasteiger partial charge in [-0.05, 0) is 38.1 Å². The minimum atomic E-state index is -0.654. The van der Waals surface area contributed by atoms with Crippen molar-refractivity contribution in [3.8, 4) is 0 Å². The molecule has 4 rings (SSSR count). The van der Waals surface area contributed by atoms with Crippen molar-refractivity contribution in [2.45, 2.75) is 51.6 Å². The van der Waals surface area contributed by atoms with E-state index in [1.165, 1.54) is 12.3 Å². The summed E-state index contributed by atoms with van der Waals surface area (Å²) in [6.07, 6.45) is 4.85. The van der Waals surface area contributed by atoms with Crippen molar-refractivity contribution in [2.75, 3.05) is 13.1 Å². The molecule has 0 bridgehead atoms. The van der Waals surface area contributed by atoms with Crippen LogP contribution in [0.5, 0.6) is 0 Å². The molecule has 30 heavy (non-hydrogen) atoms. The zero-order valence-electron chi connectivity index (χ0n) is 17.3. The number of fused-ring (bicyclic) bond motifs is 1. The summed E-state index contributed by atoms with van der Waals surface area (Å²) in [5, 5.41) is 7.92. The molecule has 1 fully saturated rings. The topological polar surface area (TPSA) is 84.2 Å². The van der Waals surface area contributed by atoms with Crippen LogP contribution in [0.3, 0.4) is 0 Å². The van der Waals surface area contributed by atoms with Crippen LogP contribution in [0.2, 0.25) is 0 Å². The number of para-hydroxylation sites is 1. The fraction of sp³-hybridized carbons (Fsp3) is 0.455. The van der Waals surface area contributed by atoms with Gasteiger partial charge in [-0.1, -0.05) is 44.0 Å². The van der Waals surface area contributed by atoms with Crippen LogP contribution in [-0.4, -0.2) is 39.0 Å². The van der Waals surface area contributed by atoms with Gasteiger partial charge in [-0.25, -0.2) is 4.39 Å². The van der Waals surface area contributed by atoms with Crippen LogP contribution in [0.15, 0.2) is 35.0 Å². The maximum atomic E-state index is 13.9. The van der Waals surface area contributed by atoms with E-state index >= 15 is 0 Å². The Labute approximate surface area is 174 Å². The van der Waals surface area contributed by atoms with Gasteiger partial charge >= 0.3 is 0 Å². The molecule has 0 saturated heterocycles. The van der Waals surface area contributed by atoms with Crippen LogP contribution in [-0.2, 0) is 12.1 Å². The highest BCUT2D eigenvalue weighted by atomic mass is 19.1. The first-order valence-corrected chi connectivity index (χ1v) is 10.5. The number of nitrogens with zero attached hydrogens (tertiary/aromatic N) is 4. The molecule has 1 N–H and O–H groups in total. The van der Waals surface area contributed by atoms with Gasteiger partial charge in [0.1, 0.15) is 16.9 Å². The molecule has 3 aromatic rings. The van der Waals surface area contributed by atoms with Crippen LogP contribution in [0.4, 0.5) is 4.39 Å². The lowest BCUT2D eigenvalue weighted by Gasteiger charge is -2.26. The molecule has 7 nitrogen and oxygen atoms in total. The summed E-state index contributed by atoms with van der Waals surface area (Å²) in [4.78, 5) is 24.0. The fourth-order valence-corrected chi connectivity index (χ4v) is 4.07. The van der Waals surface area contributed by atoms with Crippen molar-refractivity contribution in [1.82, 2.24) is 25.3 Å². The molecule has 1 saturated carbocycles. The Balaban J connectivity index is 1.58. The largest absolute Gasteiger partial charge is 0.339 e. The number of benzene rings is 1. The minimum absolute atomic E-state index is 0.254. The maximum Gasteiger partial charge on any atom is 0.253 e. The molecule has 0 radical (unpaired) electrons. The predicted octanol–water partition coefficient (Wildman–Crippen LogP) is 3.80. The molecule has 0 aliphatic heterocycles. The van der Waals surface area contributed by atoms with Crippen molar-refractivity contribution in [3.05, 3.63) is 53.6 Å². The third-order valence-electron chi connectivity index (χ3n) is 5.88.